The van der Waals surface area contributed by atoms with Gasteiger partial charge in [-0.15, -0.1) is 0 Å². The summed E-state index contributed by atoms with van der Waals surface area (Å²) in [5.41, 5.74) is 1.58. The van der Waals surface area contributed by atoms with Gasteiger partial charge in [0.1, 0.15) is 0 Å². The Balaban J connectivity index is 2.05. The van der Waals surface area contributed by atoms with Crippen LogP contribution in [0.4, 0.5) is 0 Å². The van der Waals surface area contributed by atoms with E-state index >= 15 is 0 Å². The van der Waals surface area contributed by atoms with Crippen LogP contribution < -0.4 is 14.2 Å². The molecular weight excluding hydrogens is 449 g/mol. The molecule has 0 atom stereocenters. The Bertz CT molecular complexity index is 920. The first-order valence-electron chi connectivity index (χ1n) is 7.65. The van der Waals surface area contributed by atoms with E-state index in [-0.39, 0.29) is 11.6 Å². The van der Waals surface area contributed by atoms with Gasteiger partial charge in [0.2, 0.25) is 11.6 Å². The molecule has 0 spiro atoms. The number of cyclic esters (lactones) is 1. The lowest BCUT2D eigenvalue weighted by Gasteiger charge is -2.14. The Hall–Kier alpha value is -2.55. The highest BCUT2D eigenvalue weighted by atomic mass is 127. The number of rotatable bonds is 5. The van der Waals surface area contributed by atoms with Crippen LogP contribution in [0.1, 0.15) is 11.1 Å². The molecule has 6 nitrogen and oxygen atoms in total. The molecule has 26 heavy (non-hydrogen) atoms. The molecule has 1 heterocycles. The van der Waals surface area contributed by atoms with Crippen LogP contribution >= 0.6 is 22.6 Å². The average Bonchev–Trinajstić information content (AvgIpc) is 3.01. The molecule has 0 unspecified atom stereocenters. The van der Waals surface area contributed by atoms with Gasteiger partial charge in [-0.1, -0.05) is 12.1 Å². The molecule has 7 heteroatoms. The van der Waals surface area contributed by atoms with E-state index in [2.05, 4.69) is 27.6 Å². The normalized spacial score (nSPS) is 14.8. The molecule has 0 saturated carbocycles. The molecule has 1 aliphatic heterocycles. The Morgan fingerprint density at radius 1 is 1.00 bits per heavy atom. The van der Waals surface area contributed by atoms with Crippen molar-refractivity contribution in [1.82, 2.24) is 0 Å². The number of aliphatic imine (C=N–C) groups is 1. The van der Waals surface area contributed by atoms with Crippen molar-refractivity contribution in [3.8, 4) is 17.2 Å². The summed E-state index contributed by atoms with van der Waals surface area (Å²) >= 11 is 2.17. The summed E-state index contributed by atoms with van der Waals surface area (Å²) in [5, 5.41) is 0. The monoisotopic (exact) mass is 465 g/mol. The van der Waals surface area contributed by atoms with Gasteiger partial charge in [0, 0.05) is 9.13 Å². The zero-order valence-electron chi connectivity index (χ0n) is 14.4. The van der Waals surface area contributed by atoms with Crippen molar-refractivity contribution in [3.63, 3.8) is 0 Å². The lowest BCUT2D eigenvalue weighted by Crippen LogP contribution is -2.06. The third kappa shape index (κ3) is 3.39. The maximum Gasteiger partial charge on any atom is 0.363 e. The van der Waals surface area contributed by atoms with E-state index in [1.54, 1.807) is 25.3 Å². The summed E-state index contributed by atoms with van der Waals surface area (Å²) in [4.78, 5) is 16.6. The van der Waals surface area contributed by atoms with Gasteiger partial charge in [0.05, 0.1) is 26.9 Å². The highest BCUT2D eigenvalue weighted by Crippen LogP contribution is 2.41. The van der Waals surface area contributed by atoms with Crippen LogP contribution in [0.2, 0.25) is 0 Å². The largest absolute Gasteiger partial charge is 0.493 e. The second kappa shape index (κ2) is 7.77. The van der Waals surface area contributed by atoms with E-state index in [9.17, 15) is 4.79 Å². The number of halogens is 1. The molecule has 134 valence electrons. The van der Waals surface area contributed by atoms with Gasteiger partial charge < -0.3 is 18.9 Å². The van der Waals surface area contributed by atoms with E-state index in [0.717, 1.165) is 9.13 Å². The predicted octanol–water partition coefficient (Wildman–Crippen LogP) is 3.66. The first-order chi connectivity index (χ1) is 12.6. The average molecular weight is 465 g/mol. The Kier molecular flexibility index (Phi) is 5.46. The number of carbonyl (C=O) groups is 1. The van der Waals surface area contributed by atoms with Crippen molar-refractivity contribution in [2.75, 3.05) is 21.3 Å². The molecule has 3 rings (SSSR count). The van der Waals surface area contributed by atoms with E-state index < -0.39 is 5.97 Å². The zero-order chi connectivity index (χ0) is 18.7. The Morgan fingerprint density at radius 2 is 1.73 bits per heavy atom. The van der Waals surface area contributed by atoms with E-state index in [1.807, 2.05) is 24.3 Å². The van der Waals surface area contributed by atoms with Crippen molar-refractivity contribution in [3.05, 3.63) is 56.8 Å². The maximum absolute atomic E-state index is 12.2. The lowest BCUT2D eigenvalue weighted by molar-refractivity contribution is -0.129. The summed E-state index contributed by atoms with van der Waals surface area (Å²) in [6.07, 6.45) is 1.60. The van der Waals surface area contributed by atoms with Gasteiger partial charge in [-0.25, -0.2) is 9.79 Å². The minimum atomic E-state index is -0.517. The molecule has 0 aliphatic carbocycles. The standard InChI is InChI=1S/C19H16INO5/c1-23-15-9-8-11(16(24-2)17(15)25-3)10-14-19(22)26-18(21-14)12-6-4-5-7-13(12)20/h4-10H,1-3H3. The van der Waals surface area contributed by atoms with Gasteiger partial charge in [0.25, 0.3) is 0 Å². The molecule has 0 amide bonds. The van der Waals surface area contributed by atoms with Gasteiger partial charge in [-0.2, -0.15) is 0 Å². The topological polar surface area (TPSA) is 66.4 Å². The van der Waals surface area contributed by atoms with Crippen molar-refractivity contribution in [1.29, 1.82) is 0 Å². The van der Waals surface area contributed by atoms with Crippen LogP contribution in [0.3, 0.4) is 0 Å². The first kappa shape index (κ1) is 18.2. The van der Waals surface area contributed by atoms with Crippen LogP contribution in [0, 0.1) is 3.57 Å². The fraction of sp³-hybridized carbons (Fsp3) is 0.158. The van der Waals surface area contributed by atoms with E-state index in [1.165, 1.54) is 14.2 Å². The summed E-state index contributed by atoms with van der Waals surface area (Å²) < 4.78 is 22.3. The summed E-state index contributed by atoms with van der Waals surface area (Å²) in [7, 11) is 4.59. The summed E-state index contributed by atoms with van der Waals surface area (Å²) in [5.74, 6) is 1.19. The third-order valence-corrected chi connectivity index (χ3v) is 4.69. The number of nitrogens with zero attached hydrogens (tertiary/aromatic N) is 1. The van der Waals surface area contributed by atoms with Crippen molar-refractivity contribution in [2.24, 2.45) is 4.99 Å². The zero-order valence-corrected chi connectivity index (χ0v) is 16.6. The van der Waals surface area contributed by atoms with Crippen LogP contribution in [-0.4, -0.2) is 33.2 Å². The second-order valence-corrected chi connectivity index (χ2v) is 6.40. The number of ether oxygens (including phenoxy) is 4. The van der Waals surface area contributed by atoms with Crippen molar-refractivity contribution < 1.29 is 23.7 Å². The number of carbonyl (C=O) groups excluding carboxylic acids is 1. The van der Waals surface area contributed by atoms with Crippen LogP contribution in [0.25, 0.3) is 6.08 Å². The van der Waals surface area contributed by atoms with E-state index in [0.29, 0.717) is 22.8 Å². The highest BCUT2D eigenvalue weighted by Gasteiger charge is 2.26. The highest BCUT2D eigenvalue weighted by molar-refractivity contribution is 14.1. The summed E-state index contributed by atoms with van der Waals surface area (Å²) in [6.45, 7) is 0. The number of hydrogen-bond acceptors (Lipinski definition) is 6. The molecule has 0 saturated heterocycles. The second-order valence-electron chi connectivity index (χ2n) is 5.24. The number of esters is 1. The lowest BCUT2D eigenvalue weighted by atomic mass is 10.1. The molecular formula is C19H16INO5. The minimum Gasteiger partial charge on any atom is -0.493 e. The first-order valence-corrected chi connectivity index (χ1v) is 8.73. The molecule has 2 aromatic rings. The van der Waals surface area contributed by atoms with Crippen LogP contribution in [0.15, 0.2) is 47.1 Å². The molecule has 2 aromatic carbocycles. The smallest absolute Gasteiger partial charge is 0.363 e. The minimum absolute atomic E-state index is 0.185. The van der Waals surface area contributed by atoms with Crippen LogP contribution in [-0.2, 0) is 9.53 Å². The predicted molar refractivity (Wildman–Crippen MR) is 106 cm³/mol. The molecule has 0 radical (unpaired) electrons. The molecule has 0 N–H and O–H groups in total. The third-order valence-electron chi connectivity index (χ3n) is 3.75. The van der Waals surface area contributed by atoms with Gasteiger partial charge >= 0.3 is 5.97 Å². The van der Waals surface area contributed by atoms with E-state index in [4.69, 9.17) is 18.9 Å². The maximum atomic E-state index is 12.2. The fourth-order valence-corrected chi connectivity index (χ4v) is 3.16. The number of hydrogen-bond donors (Lipinski definition) is 0. The van der Waals surface area contributed by atoms with Crippen LogP contribution in [0.5, 0.6) is 17.2 Å². The molecule has 1 aliphatic rings. The molecule has 0 fully saturated rings. The molecule has 0 bridgehead atoms. The summed E-state index contributed by atoms with van der Waals surface area (Å²) in [6, 6.07) is 11.1. The Labute approximate surface area is 164 Å². The molecule has 0 aromatic heterocycles. The Morgan fingerprint density at radius 3 is 2.38 bits per heavy atom. The van der Waals surface area contributed by atoms with Gasteiger partial charge in [0.15, 0.2) is 17.2 Å². The van der Waals surface area contributed by atoms with Crippen molar-refractivity contribution in [2.45, 2.75) is 0 Å². The van der Waals surface area contributed by atoms with Gasteiger partial charge in [-0.3, -0.25) is 0 Å². The number of methoxy groups -OCH3 is 3. The fourth-order valence-electron chi connectivity index (χ4n) is 2.54. The van der Waals surface area contributed by atoms with Gasteiger partial charge in [-0.05, 0) is 52.9 Å². The van der Waals surface area contributed by atoms with Crippen molar-refractivity contribution >= 4 is 40.5 Å². The SMILES string of the molecule is COc1ccc(C=C2N=C(c3ccccc3I)OC2=O)c(OC)c1OC. The quantitative estimate of drug-likeness (QED) is 0.383. The number of benzene rings is 2.